The number of carbonyl (C=O) groups is 2. The Balaban J connectivity index is 2.81. The molecule has 1 aromatic rings. The summed E-state index contributed by atoms with van der Waals surface area (Å²) in [5.41, 5.74) is 6.24. The molecule has 0 amide bonds. The molecule has 1 rings (SSSR count). The van der Waals surface area contributed by atoms with Crippen LogP contribution in [0.4, 0.5) is 0 Å². The molecule has 92 valence electrons. The molecule has 0 bridgehead atoms. The molecular formula is C12H15NO4. The zero-order valence-corrected chi connectivity index (χ0v) is 9.24. The van der Waals surface area contributed by atoms with Crippen molar-refractivity contribution in [3.63, 3.8) is 0 Å². The van der Waals surface area contributed by atoms with Gasteiger partial charge in [-0.1, -0.05) is 30.3 Å². The van der Waals surface area contributed by atoms with Crippen LogP contribution < -0.4 is 5.73 Å². The molecule has 0 unspecified atom stereocenters. The third-order valence-corrected chi connectivity index (χ3v) is 2.55. The average molecular weight is 237 g/mol. The Kier molecular flexibility index (Phi) is 4.66. The van der Waals surface area contributed by atoms with Crippen LogP contribution in [-0.4, -0.2) is 28.2 Å². The molecule has 1 aromatic carbocycles. The third-order valence-electron chi connectivity index (χ3n) is 2.55. The van der Waals surface area contributed by atoms with E-state index in [-0.39, 0.29) is 18.8 Å². The van der Waals surface area contributed by atoms with Gasteiger partial charge in [-0.2, -0.15) is 0 Å². The molecule has 0 fully saturated rings. The molecule has 0 heterocycles. The van der Waals surface area contributed by atoms with Crippen molar-refractivity contribution in [1.82, 2.24) is 0 Å². The Morgan fingerprint density at radius 1 is 1.18 bits per heavy atom. The van der Waals surface area contributed by atoms with E-state index in [2.05, 4.69) is 0 Å². The van der Waals surface area contributed by atoms with Gasteiger partial charge in [0.25, 0.3) is 0 Å². The molecule has 0 aliphatic rings. The van der Waals surface area contributed by atoms with Crippen LogP contribution in [0.15, 0.2) is 30.3 Å². The van der Waals surface area contributed by atoms with E-state index in [1.807, 2.05) is 6.07 Å². The van der Waals surface area contributed by atoms with E-state index < -0.39 is 18.0 Å². The number of hydrogen-bond acceptors (Lipinski definition) is 3. The number of rotatable bonds is 6. The van der Waals surface area contributed by atoms with Gasteiger partial charge in [0.2, 0.25) is 0 Å². The standard InChI is InChI=1S/C12H15NO4/c13-10(12(16)17)6-9(7-11(14)15)8-4-2-1-3-5-8/h1-5,9-10H,6-7,13H2,(H,14,15)(H,16,17)/t9-,10+/m1/s1. The monoisotopic (exact) mass is 237 g/mol. The highest BCUT2D eigenvalue weighted by Gasteiger charge is 2.22. The van der Waals surface area contributed by atoms with Gasteiger partial charge < -0.3 is 15.9 Å². The number of carboxylic acids is 2. The topological polar surface area (TPSA) is 101 Å². The molecule has 5 heteroatoms. The highest BCUT2D eigenvalue weighted by atomic mass is 16.4. The van der Waals surface area contributed by atoms with Gasteiger partial charge in [0.1, 0.15) is 6.04 Å². The summed E-state index contributed by atoms with van der Waals surface area (Å²) in [5.74, 6) is -2.45. The minimum Gasteiger partial charge on any atom is -0.481 e. The van der Waals surface area contributed by atoms with Gasteiger partial charge in [-0.25, -0.2) is 0 Å². The van der Waals surface area contributed by atoms with Crippen LogP contribution in [0.2, 0.25) is 0 Å². The fraction of sp³-hybridized carbons (Fsp3) is 0.333. The molecule has 17 heavy (non-hydrogen) atoms. The SMILES string of the molecule is N[C@@H](C[C@H](CC(=O)O)c1ccccc1)C(=O)O. The van der Waals surface area contributed by atoms with Crippen molar-refractivity contribution in [3.8, 4) is 0 Å². The Morgan fingerprint density at radius 3 is 2.24 bits per heavy atom. The van der Waals surface area contributed by atoms with Gasteiger partial charge in [-0.15, -0.1) is 0 Å². The van der Waals surface area contributed by atoms with Crippen molar-refractivity contribution in [1.29, 1.82) is 0 Å². The summed E-state index contributed by atoms with van der Waals surface area (Å²) in [4.78, 5) is 21.4. The molecule has 0 aromatic heterocycles. The van der Waals surface area contributed by atoms with E-state index in [0.717, 1.165) is 5.56 Å². The van der Waals surface area contributed by atoms with Gasteiger partial charge in [-0.3, -0.25) is 9.59 Å². The Bertz CT molecular complexity index is 391. The molecule has 5 nitrogen and oxygen atoms in total. The van der Waals surface area contributed by atoms with E-state index in [1.54, 1.807) is 24.3 Å². The van der Waals surface area contributed by atoms with Gasteiger partial charge in [-0.05, 0) is 17.9 Å². The van der Waals surface area contributed by atoms with Gasteiger partial charge >= 0.3 is 11.9 Å². The predicted molar refractivity (Wildman–Crippen MR) is 61.7 cm³/mol. The van der Waals surface area contributed by atoms with Gasteiger partial charge in [0.15, 0.2) is 0 Å². The first-order chi connectivity index (χ1) is 8.00. The highest BCUT2D eigenvalue weighted by molar-refractivity contribution is 5.73. The van der Waals surface area contributed by atoms with Crippen LogP contribution in [-0.2, 0) is 9.59 Å². The lowest BCUT2D eigenvalue weighted by atomic mass is 9.89. The molecule has 0 aliphatic carbocycles. The van der Waals surface area contributed by atoms with E-state index in [0.29, 0.717) is 0 Å². The van der Waals surface area contributed by atoms with Crippen LogP contribution >= 0.6 is 0 Å². The Morgan fingerprint density at radius 2 is 1.76 bits per heavy atom. The van der Waals surface area contributed by atoms with E-state index in [1.165, 1.54) is 0 Å². The van der Waals surface area contributed by atoms with Crippen LogP contribution in [0.25, 0.3) is 0 Å². The molecule has 0 aliphatic heterocycles. The molecule has 0 saturated carbocycles. The lowest BCUT2D eigenvalue weighted by Gasteiger charge is -2.17. The van der Waals surface area contributed by atoms with Crippen molar-refractivity contribution < 1.29 is 19.8 Å². The minimum atomic E-state index is -1.11. The van der Waals surface area contributed by atoms with Crippen LogP contribution in [0, 0.1) is 0 Å². The quantitative estimate of drug-likeness (QED) is 0.686. The largest absolute Gasteiger partial charge is 0.481 e. The maximum absolute atomic E-state index is 10.7. The number of benzene rings is 1. The number of nitrogens with two attached hydrogens (primary N) is 1. The molecule has 0 radical (unpaired) electrons. The number of hydrogen-bond donors (Lipinski definition) is 3. The number of carboxylic acid groups (broad SMARTS) is 2. The predicted octanol–water partition coefficient (Wildman–Crippen LogP) is 1.05. The summed E-state index contributed by atoms with van der Waals surface area (Å²) in [6, 6.07) is 7.91. The fourth-order valence-electron chi connectivity index (χ4n) is 1.68. The Labute approximate surface area is 98.9 Å². The smallest absolute Gasteiger partial charge is 0.320 e. The summed E-state index contributed by atoms with van der Waals surface area (Å²) in [7, 11) is 0. The van der Waals surface area contributed by atoms with Crippen molar-refractivity contribution >= 4 is 11.9 Å². The van der Waals surface area contributed by atoms with Crippen LogP contribution in [0.5, 0.6) is 0 Å². The third kappa shape index (κ3) is 4.24. The number of aliphatic carboxylic acids is 2. The van der Waals surface area contributed by atoms with Gasteiger partial charge in [0.05, 0.1) is 6.42 Å². The lowest BCUT2D eigenvalue weighted by Crippen LogP contribution is -2.32. The summed E-state index contributed by atoms with van der Waals surface area (Å²) in [6.07, 6.45) is -0.00333. The normalized spacial score (nSPS) is 13.9. The van der Waals surface area contributed by atoms with Crippen molar-refractivity contribution in [3.05, 3.63) is 35.9 Å². The average Bonchev–Trinajstić information content (AvgIpc) is 2.28. The first kappa shape index (κ1) is 13.2. The van der Waals surface area contributed by atoms with Crippen molar-refractivity contribution in [2.24, 2.45) is 5.73 Å². The first-order valence-electron chi connectivity index (χ1n) is 5.26. The van der Waals surface area contributed by atoms with Crippen molar-refractivity contribution in [2.45, 2.75) is 24.8 Å². The zero-order chi connectivity index (χ0) is 12.8. The summed E-state index contributed by atoms with van der Waals surface area (Å²) in [6.45, 7) is 0. The first-order valence-corrected chi connectivity index (χ1v) is 5.26. The summed E-state index contributed by atoms with van der Waals surface area (Å²) >= 11 is 0. The van der Waals surface area contributed by atoms with Crippen LogP contribution in [0.1, 0.15) is 24.3 Å². The molecule has 0 spiro atoms. The summed E-state index contributed by atoms with van der Waals surface area (Å²) < 4.78 is 0. The zero-order valence-electron chi connectivity index (χ0n) is 9.24. The van der Waals surface area contributed by atoms with Crippen molar-refractivity contribution in [2.75, 3.05) is 0 Å². The molecule has 4 N–H and O–H groups in total. The van der Waals surface area contributed by atoms with E-state index in [4.69, 9.17) is 15.9 Å². The molecular weight excluding hydrogens is 222 g/mol. The maximum Gasteiger partial charge on any atom is 0.320 e. The maximum atomic E-state index is 10.7. The van der Waals surface area contributed by atoms with E-state index in [9.17, 15) is 9.59 Å². The minimum absolute atomic E-state index is 0.117. The second-order valence-corrected chi connectivity index (χ2v) is 3.89. The second-order valence-electron chi connectivity index (χ2n) is 3.89. The summed E-state index contributed by atoms with van der Waals surface area (Å²) in [5, 5.41) is 17.5. The highest BCUT2D eigenvalue weighted by Crippen LogP contribution is 2.24. The Hall–Kier alpha value is -1.88. The lowest BCUT2D eigenvalue weighted by molar-refractivity contribution is -0.140. The van der Waals surface area contributed by atoms with Crippen LogP contribution in [0.3, 0.4) is 0 Å². The van der Waals surface area contributed by atoms with E-state index >= 15 is 0 Å². The second kappa shape index (κ2) is 6.00. The molecule has 0 saturated heterocycles. The van der Waals surface area contributed by atoms with Gasteiger partial charge in [0, 0.05) is 0 Å². The molecule has 2 atom stereocenters. The fourth-order valence-corrected chi connectivity index (χ4v) is 1.68.